The summed E-state index contributed by atoms with van der Waals surface area (Å²) in [6.45, 7) is 3.76. The summed E-state index contributed by atoms with van der Waals surface area (Å²) in [6, 6.07) is 5.66. The van der Waals surface area contributed by atoms with Crippen LogP contribution in [0.3, 0.4) is 0 Å². The Morgan fingerprint density at radius 1 is 1.35 bits per heavy atom. The number of carbonyl (C=O) groups excluding carboxylic acids is 1. The summed E-state index contributed by atoms with van der Waals surface area (Å²) in [6.07, 6.45) is 0.201. The lowest BCUT2D eigenvalue weighted by Crippen LogP contribution is -2.05. The average Bonchev–Trinajstić information content (AvgIpc) is 2.31. The van der Waals surface area contributed by atoms with Gasteiger partial charge in [-0.3, -0.25) is 9.79 Å². The van der Waals surface area contributed by atoms with Crippen LogP contribution in [0, 0.1) is 6.92 Å². The molecule has 0 aliphatic rings. The molecule has 0 amide bonds. The van der Waals surface area contributed by atoms with Crippen LogP contribution in [-0.4, -0.2) is 25.9 Å². The fourth-order valence-electron chi connectivity index (χ4n) is 1.42. The first-order valence-corrected chi connectivity index (χ1v) is 5.32. The van der Waals surface area contributed by atoms with Crippen LogP contribution >= 0.6 is 0 Å². The van der Waals surface area contributed by atoms with Gasteiger partial charge in [0.25, 0.3) is 0 Å². The summed E-state index contributed by atoms with van der Waals surface area (Å²) in [5, 5.41) is 0. The van der Waals surface area contributed by atoms with Crippen molar-refractivity contribution in [2.24, 2.45) is 4.99 Å². The lowest BCUT2D eigenvalue weighted by atomic mass is 10.2. The zero-order valence-corrected chi connectivity index (χ0v) is 10.6. The minimum atomic E-state index is -0.287. The molecule has 0 radical (unpaired) electrons. The number of carbonyl (C=O) groups is 1. The van der Waals surface area contributed by atoms with Gasteiger partial charge in [-0.1, -0.05) is 6.07 Å². The molecule has 0 N–H and O–H groups in total. The van der Waals surface area contributed by atoms with E-state index in [1.807, 2.05) is 25.1 Å². The van der Waals surface area contributed by atoms with Gasteiger partial charge in [0, 0.05) is 11.8 Å². The number of aliphatic imine (C=N–C) groups is 1. The summed E-state index contributed by atoms with van der Waals surface area (Å²) in [4.78, 5) is 15.4. The van der Waals surface area contributed by atoms with E-state index in [9.17, 15) is 4.79 Å². The van der Waals surface area contributed by atoms with Gasteiger partial charge >= 0.3 is 5.97 Å². The summed E-state index contributed by atoms with van der Waals surface area (Å²) < 4.78 is 9.79. The van der Waals surface area contributed by atoms with E-state index in [1.165, 1.54) is 7.11 Å². The highest BCUT2D eigenvalue weighted by atomic mass is 16.5. The van der Waals surface area contributed by atoms with Crippen LogP contribution in [0.1, 0.15) is 18.9 Å². The van der Waals surface area contributed by atoms with Gasteiger partial charge in [-0.25, -0.2) is 0 Å². The molecule has 0 aliphatic carbocycles. The average molecular weight is 235 g/mol. The molecule has 1 aromatic rings. The summed E-state index contributed by atoms with van der Waals surface area (Å²) in [7, 11) is 2.99. The maximum atomic E-state index is 11.1. The number of esters is 1. The fourth-order valence-corrected chi connectivity index (χ4v) is 1.42. The molecule has 0 saturated carbocycles. The Labute approximate surface area is 101 Å². The third-order valence-corrected chi connectivity index (χ3v) is 2.34. The monoisotopic (exact) mass is 235 g/mol. The van der Waals surface area contributed by atoms with E-state index in [1.54, 1.807) is 14.0 Å². The molecule has 0 aromatic heterocycles. The number of methoxy groups -OCH3 is 2. The topological polar surface area (TPSA) is 47.9 Å². The van der Waals surface area contributed by atoms with Gasteiger partial charge in [-0.2, -0.15) is 0 Å². The first-order valence-electron chi connectivity index (χ1n) is 5.32. The Bertz CT molecular complexity index is 438. The van der Waals surface area contributed by atoms with Crippen molar-refractivity contribution in [3.05, 3.63) is 23.8 Å². The SMILES string of the molecule is COC(=O)CC(C)=Nc1ccc(C)c(OC)c1. The van der Waals surface area contributed by atoms with Crippen LogP contribution in [0.4, 0.5) is 5.69 Å². The van der Waals surface area contributed by atoms with E-state index in [2.05, 4.69) is 9.73 Å². The number of nitrogens with zero attached hydrogens (tertiary/aromatic N) is 1. The van der Waals surface area contributed by atoms with Crippen LogP contribution in [0.5, 0.6) is 5.75 Å². The molecular weight excluding hydrogens is 218 g/mol. The quantitative estimate of drug-likeness (QED) is 0.595. The molecule has 0 spiro atoms. The number of ether oxygens (including phenoxy) is 2. The molecule has 0 aliphatic heterocycles. The van der Waals surface area contributed by atoms with E-state index in [0.29, 0.717) is 5.71 Å². The van der Waals surface area contributed by atoms with Crippen LogP contribution in [-0.2, 0) is 9.53 Å². The Hall–Kier alpha value is -1.84. The van der Waals surface area contributed by atoms with Crippen molar-refractivity contribution in [2.45, 2.75) is 20.3 Å². The van der Waals surface area contributed by atoms with Gasteiger partial charge in [-0.15, -0.1) is 0 Å². The molecule has 0 unspecified atom stereocenters. The Morgan fingerprint density at radius 2 is 2.06 bits per heavy atom. The van der Waals surface area contributed by atoms with E-state index in [-0.39, 0.29) is 12.4 Å². The molecule has 92 valence electrons. The zero-order valence-electron chi connectivity index (χ0n) is 10.6. The van der Waals surface area contributed by atoms with Gasteiger partial charge in [0.2, 0.25) is 0 Å². The molecule has 0 bridgehead atoms. The van der Waals surface area contributed by atoms with E-state index in [0.717, 1.165) is 17.0 Å². The van der Waals surface area contributed by atoms with Crippen molar-refractivity contribution in [1.82, 2.24) is 0 Å². The Balaban J connectivity index is 2.86. The predicted molar refractivity (Wildman–Crippen MR) is 67.1 cm³/mol. The second kappa shape index (κ2) is 6.03. The van der Waals surface area contributed by atoms with Crippen molar-refractivity contribution in [3.63, 3.8) is 0 Å². The van der Waals surface area contributed by atoms with Gasteiger partial charge in [0.1, 0.15) is 5.75 Å². The van der Waals surface area contributed by atoms with Crippen molar-refractivity contribution in [2.75, 3.05) is 14.2 Å². The highest BCUT2D eigenvalue weighted by Crippen LogP contribution is 2.24. The predicted octanol–water partition coefficient (Wildman–Crippen LogP) is 2.66. The molecule has 0 heterocycles. The van der Waals surface area contributed by atoms with Crippen LogP contribution in [0.15, 0.2) is 23.2 Å². The maximum absolute atomic E-state index is 11.1. The van der Waals surface area contributed by atoms with Crippen LogP contribution in [0.25, 0.3) is 0 Å². The minimum Gasteiger partial charge on any atom is -0.496 e. The van der Waals surface area contributed by atoms with Crippen LogP contribution < -0.4 is 4.74 Å². The highest BCUT2D eigenvalue weighted by Gasteiger charge is 2.04. The van der Waals surface area contributed by atoms with E-state index < -0.39 is 0 Å². The lowest BCUT2D eigenvalue weighted by Gasteiger charge is -2.05. The molecule has 4 nitrogen and oxygen atoms in total. The molecular formula is C13H17NO3. The summed E-state index contributed by atoms with van der Waals surface area (Å²) >= 11 is 0. The lowest BCUT2D eigenvalue weighted by molar-refractivity contribution is -0.139. The van der Waals surface area contributed by atoms with Gasteiger partial charge in [0.05, 0.1) is 26.3 Å². The zero-order chi connectivity index (χ0) is 12.8. The first kappa shape index (κ1) is 13.2. The summed E-state index contributed by atoms with van der Waals surface area (Å²) in [5.41, 5.74) is 2.54. The van der Waals surface area contributed by atoms with Crippen LogP contribution in [0.2, 0.25) is 0 Å². The van der Waals surface area contributed by atoms with Gasteiger partial charge in [0.15, 0.2) is 0 Å². The standard InChI is InChI=1S/C13H17NO3/c1-9-5-6-11(8-12(9)16-3)14-10(2)7-13(15)17-4/h5-6,8H,7H2,1-4H3. The van der Waals surface area contributed by atoms with E-state index in [4.69, 9.17) is 4.74 Å². The van der Waals surface area contributed by atoms with Gasteiger partial charge < -0.3 is 9.47 Å². The van der Waals surface area contributed by atoms with E-state index >= 15 is 0 Å². The van der Waals surface area contributed by atoms with Gasteiger partial charge in [-0.05, 0) is 25.5 Å². The van der Waals surface area contributed by atoms with Crippen molar-refractivity contribution < 1.29 is 14.3 Å². The molecule has 1 aromatic carbocycles. The third kappa shape index (κ3) is 3.90. The van der Waals surface area contributed by atoms with Crippen molar-refractivity contribution in [1.29, 1.82) is 0 Å². The van der Waals surface area contributed by atoms with Crippen molar-refractivity contribution in [3.8, 4) is 5.75 Å². The maximum Gasteiger partial charge on any atom is 0.311 e. The highest BCUT2D eigenvalue weighted by molar-refractivity contribution is 5.98. The smallest absolute Gasteiger partial charge is 0.311 e. The Morgan fingerprint density at radius 3 is 2.65 bits per heavy atom. The molecule has 1 rings (SSSR count). The normalized spacial score (nSPS) is 11.2. The molecule has 0 saturated heterocycles. The second-order valence-corrected chi connectivity index (χ2v) is 3.75. The molecule has 0 fully saturated rings. The number of hydrogen-bond acceptors (Lipinski definition) is 4. The number of rotatable bonds is 4. The fraction of sp³-hybridized carbons (Fsp3) is 0.385. The largest absolute Gasteiger partial charge is 0.496 e. The molecule has 4 heteroatoms. The summed E-state index contributed by atoms with van der Waals surface area (Å²) in [5.74, 6) is 0.502. The van der Waals surface area contributed by atoms with Crippen molar-refractivity contribution >= 4 is 17.4 Å². The second-order valence-electron chi connectivity index (χ2n) is 3.75. The molecule has 0 atom stereocenters. The number of benzene rings is 1. The number of hydrogen-bond donors (Lipinski definition) is 0. The first-order chi connectivity index (χ1) is 8.06. The molecule has 17 heavy (non-hydrogen) atoms. The number of aryl methyl sites for hydroxylation is 1. The minimum absolute atomic E-state index is 0.201. The third-order valence-electron chi connectivity index (χ3n) is 2.34. The Kier molecular flexibility index (Phi) is 4.69.